The Bertz CT molecular complexity index is 1410. The van der Waals surface area contributed by atoms with E-state index in [1.165, 1.54) is 19.8 Å². The lowest BCUT2D eigenvalue weighted by atomic mass is 9.48. The lowest BCUT2D eigenvalue weighted by Gasteiger charge is -2.65. The van der Waals surface area contributed by atoms with Crippen LogP contribution in [0.4, 0.5) is 0 Å². The number of hydrogen-bond acceptors (Lipinski definition) is 6. The van der Waals surface area contributed by atoms with Crippen LogP contribution in [0.2, 0.25) is 10.0 Å². The molecule has 7 rings (SSSR count). The molecule has 6 atom stereocenters. The molecule has 2 N–H and O–H groups in total. The van der Waals surface area contributed by atoms with Gasteiger partial charge in [0.15, 0.2) is 11.5 Å². The minimum absolute atomic E-state index is 0.0200. The van der Waals surface area contributed by atoms with Crippen molar-refractivity contribution in [1.82, 2.24) is 10.2 Å². The maximum absolute atomic E-state index is 13.6. The number of nitrogens with one attached hydrogen (secondary N) is 1. The summed E-state index contributed by atoms with van der Waals surface area (Å²) in [6, 6.07) is 8.66. The van der Waals surface area contributed by atoms with E-state index in [1.807, 2.05) is 19.1 Å². The normalized spacial score (nSPS) is 32.5. The first-order chi connectivity index (χ1) is 19.1. The fourth-order valence-corrected chi connectivity index (χ4v) is 8.61. The van der Waals surface area contributed by atoms with Crippen molar-refractivity contribution < 1.29 is 24.2 Å². The molecular formula is C31H34Cl2N2O5. The molecule has 5 aliphatic rings. The highest BCUT2D eigenvalue weighted by molar-refractivity contribution is 6.42. The standard InChI is InChI=1S/C31H34Cl2N2O5/c1-16(19-5-7-21(32)22(33)13-19)29(38)34-23-9-10-31(40-17(2)36)25-14-20-6-8-24(37)27-26(20)30(31,28(23)39-27)11-12-35(25)15-18-3-4-18/h5-8,13,16,18,23,25,28,37H,3-4,9-12,14-15H2,1-2H3,(H,34,38)/t16?,23?,25-,28?,30+,31-/m1/s1. The topological polar surface area (TPSA) is 88.1 Å². The van der Waals surface area contributed by atoms with Crippen LogP contribution < -0.4 is 10.1 Å². The molecular weight excluding hydrogens is 551 g/mol. The third kappa shape index (κ3) is 3.73. The first kappa shape index (κ1) is 26.4. The van der Waals surface area contributed by atoms with E-state index in [0.29, 0.717) is 34.6 Å². The highest BCUT2D eigenvalue weighted by Gasteiger charge is 2.75. The summed E-state index contributed by atoms with van der Waals surface area (Å²) in [5, 5.41) is 15.1. The zero-order valence-corrected chi connectivity index (χ0v) is 24.2. The summed E-state index contributed by atoms with van der Waals surface area (Å²) >= 11 is 12.3. The number of aromatic hydroxyl groups is 1. The number of halogens is 2. The third-order valence-electron chi connectivity index (χ3n) is 10.2. The van der Waals surface area contributed by atoms with Crippen LogP contribution in [0.1, 0.15) is 68.6 Å². The number of benzene rings is 2. The van der Waals surface area contributed by atoms with Gasteiger partial charge in [0.2, 0.25) is 5.91 Å². The van der Waals surface area contributed by atoms with Crippen LogP contribution >= 0.6 is 23.2 Å². The van der Waals surface area contributed by atoms with Gasteiger partial charge in [-0.15, -0.1) is 0 Å². The van der Waals surface area contributed by atoms with E-state index in [2.05, 4.69) is 10.2 Å². The number of nitrogens with zero attached hydrogens (tertiary/aromatic N) is 1. The Labute approximate surface area is 244 Å². The van der Waals surface area contributed by atoms with Gasteiger partial charge in [-0.1, -0.05) is 35.3 Å². The van der Waals surface area contributed by atoms with Crippen LogP contribution in [-0.2, 0) is 26.2 Å². The van der Waals surface area contributed by atoms with Gasteiger partial charge in [0.1, 0.15) is 11.7 Å². The second kappa shape index (κ2) is 9.27. The number of amides is 1. The average Bonchev–Trinajstić information content (AvgIpc) is 3.66. The zero-order chi connectivity index (χ0) is 28.0. The van der Waals surface area contributed by atoms with E-state index in [9.17, 15) is 14.7 Å². The summed E-state index contributed by atoms with van der Waals surface area (Å²) < 4.78 is 13.2. The molecule has 3 fully saturated rings. The lowest BCUT2D eigenvalue weighted by Crippen LogP contribution is -2.79. The number of phenolic OH excluding ortho intramolecular Hbond substituents is 1. The molecule has 1 saturated heterocycles. The van der Waals surface area contributed by atoms with Crippen molar-refractivity contribution in [2.24, 2.45) is 5.92 Å². The van der Waals surface area contributed by atoms with Gasteiger partial charge in [-0.05, 0) is 87.2 Å². The molecule has 0 aromatic heterocycles. The molecule has 2 saturated carbocycles. The van der Waals surface area contributed by atoms with Gasteiger partial charge in [-0.2, -0.15) is 0 Å². The van der Waals surface area contributed by atoms with Crippen LogP contribution in [0, 0.1) is 5.92 Å². The van der Waals surface area contributed by atoms with Crippen molar-refractivity contribution in [2.75, 3.05) is 13.1 Å². The molecule has 2 aromatic carbocycles. The Hall–Kier alpha value is -2.48. The number of likely N-dealkylation sites (tertiary alicyclic amines) is 1. The maximum Gasteiger partial charge on any atom is 0.303 e. The highest BCUT2D eigenvalue weighted by Crippen LogP contribution is 2.66. The van der Waals surface area contributed by atoms with Gasteiger partial charge < -0.3 is 19.9 Å². The molecule has 1 spiro atoms. The molecule has 2 aliphatic heterocycles. The lowest BCUT2D eigenvalue weighted by molar-refractivity contribution is -0.219. The van der Waals surface area contributed by atoms with Crippen LogP contribution in [0.25, 0.3) is 0 Å². The van der Waals surface area contributed by atoms with Crippen molar-refractivity contribution in [1.29, 1.82) is 0 Å². The molecule has 2 heterocycles. The van der Waals surface area contributed by atoms with E-state index in [0.717, 1.165) is 42.6 Å². The minimum atomic E-state index is -0.792. The van der Waals surface area contributed by atoms with Crippen molar-refractivity contribution in [2.45, 2.75) is 87.5 Å². The van der Waals surface area contributed by atoms with Crippen LogP contribution in [0.3, 0.4) is 0 Å². The monoisotopic (exact) mass is 584 g/mol. The minimum Gasteiger partial charge on any atom is -0.504 e. The van der Waals surface area contributed by atoms with Gasteiger partial charge in [0, 0.05) is 19.0 Å². The Morgan fingerprint density at radius 2 is 1.98 bits per heavy atom. The van der Waals surface area contributed by atoms with Crippen molar-refractivity contribution in [3.05, 3.63) is 57.1 Å². The molecule has 0 radical (unpaired) electrons. The van der Waals surface area contributed by atoms with Gasteiger partial charge in [0.05, 0.1) is 33.5 Å². The van der Waals surface area contributed by atoms with Crippen molar-refractivity contribution >= 4 is 35.1 Å². The predicted octanol–water partition coefficient (Wildman–Crippen LogP) is 5.12. The first-order valence-corrected chi connectivity index (χ1v) is 15.1. The first-order valence-electron chi connectivity index (χ1n) is 14.4. The summed E-state index contributed by atoms with van der Waals surface area (Å²) in [7, 11) is 0. The summed E-state index contributed by atoms with van der Waals surface area (Å²) in [5.74, 6) is 0.375. The Morgan fingerprint density at radius 3 is 2.70 bits per heavy atom. The van der Waals surface area contributed by atoms with Crippen molar-refractivity contribution in [3.63, 3.8) is 0 Å². The summed E-state index contributed by atoms with van der Waals surface area (Å²) in [4.78, 5) is 28.9. The molecule has 9 heteroatoms. The van der Waals surface area contributed by atoms with E-state index >= 15 is 0 Å². The molecule has 1 amide bonds. The summed E-state index contributed by atoms with van der Waals surface area (Å²) in [6.45, 7) is 5.21. The van der Waals surface area contributed by atoms with Crippen molar-refractivity contribution in [3.8, 4) is 11.5 Å². The third-order valence-corrected chi connectivity index (χ3v) is 11.0. The summed E-state index contributed by atoms with van der Waals surface area (Å²) in [5.41, 5.74) is 1.43. The van der Waals surface area contributed by atoms with Gasteiger partial charge in [0.25, 0.3) is 0 Å². The number of carbonyl (C=O) groups excluding carboxylic acids is 2. The van der Waals surface area contributed by atoms with Crippen LogP contribution in [0.15, 0.2) is 30.3 Å². The number of carbonyl (C=O) groups is 2. The molecule has 2 aromatic rings. The van der Waals surface area contributed by atoms with E-state index in [-0.39, 0.29) is 29.7 Å². The second-order valence-electron chi connectivity index (χ2n) is 12.4. The van der Waals surface area contributed by atoms with Crippen LogP contribution in [0.5, 0.6) is 11.5 Å². The van der Waals surface area contributed by atoms with Crippen LogP contribution in [-0.4, -0.2) is 58.8 Å². The SMILES string of the molecule is CC(=O)O[C@@]12CCC(NC(=O)C(C)c3ccc(Cl)c(Cl)c3)C3Oc4c(O)ccc5c4[C@@]31CCN(CC1CC1)[C@@H]2C5. The molecule has 7 nitrogen and oxygen atoms in total. The predicted molar refractivity (Wildman–Crippen MR) is 151 cm³/mol. The maximum atomic E-state index is 13.6. The number of piperidine rings is 1. The van der Waals surface area contributed by atoms with Gasteiger partial charge >= 0.3 is 5.97 Å². The van der Waals surface area contributed by atoms with Gasteiger partial charge in [-0.25, -0.2) is 0 Å². The molecule has 40 heavy (non-hydrogen) atoms. The zero-order valence-electron chi connectivity index (χ0n) is 22.7. The summed E-state index contributed by atoms with van der Waals surface area (Å²) in [6.07, 6.45) is 4.70. The molecule has 2 bridgehead atoms. The number of phenols is 1. The quantitative estimate of drug-likeness (QED) is 0.458. The smallest absolute Gasteiger partial charge is 0.303 e. The Balaban J connectivity index is 1.28. The molecule has 212 valence electrons. The Morgan fingerprint density at radius 1 is 1.18 bits per heavy atom. The molecule has 3 unspecified atom stereocenters. The fraction of sp³-hybridized carbons (Fsp3) is 0.548. The fourth-order valence-electron chi connectivity index (χ4n) is 8.30. The van der Waals surface area contributed by atoms with Gasteiger partial charge in [-0.3, -0.25) is 14.5 Å². The molecule has 3 aliphatic carbocycles. The average molecular weight is 586 g/mol. The van der Waals surface area contributed by atoms with E-state index in [1.54, 1.807) is 18.2 Å². The van der Waals surface area contributed by atoms with E-state index in [4.69, 9.17) is 32.7 Å². The largest absolute Gasteiger partial charge is 0.504 e. The number of hydrogen-bond donors (Lipinski definition) is 2. The van der Waals surface area contributed by atoms with E-state index < -0.39 is 23.0 Å². The number of rotatable bonds is 6. The number of ether oxygens (including phenoxy) is 2. The second-order valence-corrected chi connectivity index (χ2v) is 13.2. The highest BCUT2D eigenvalue weighted by atomic mass is 35.5. The number of esters is 1. The Kier molecular flexibility index (Phi) is 6.12.